The zero-order chi connectivity index (χ0) is 15.1. The van der Waals surface area contributed by atoms with Crippen molar-refractivity contribution in [3.8, 4) is 0 Å². The molecule has 0 unspecified atom stereocenters. The smallest absolute Gasteiger partial charge is 0.225 e. The third-order valence-electron chi connectivity index (χ3n) is 4.12. The van der Waals surface area contributed by atoms with Crippen LogP contribution in [0.4, 0.5) is 5.69 Å². The zero-order valence-electron chi connectivity index (χ0n) is 13.2. The predicted octanol–water partition coefficient (Wildman–Crippen LogP) is 2.47. The molecule has 0 spiro atoms. The van der Waals surface area contributed by atoms with E-state index in [4.69, 9.17) is 0 Å². The van der Waals surface area contributed by atoms with Gasteiger partial charge >= 0.3 is 0 Å². The number of nitrogens with one attached hydrogen (secondary N) is 2. The Kier molecular flexibility index (Phi) is 6.21. The van der Waals surface area contributed by atoms with Crippen molar-refractivity contribution >= 4 is 11.6 Å². The van der Waals surface area contributed by atoms with Crippen LogP contribution in [0.5, 0.6) is 0 Å². The van der Waals surface area contributed by atoms with Crippen LogP contribution in [-0.2, 0) is 11.3 Å². The molecule has 1 heterocycles. The minimum atomic E-state index is 0.0575. The molecule has 116 valence electrons. The van der Waals surface area contributed by atoms with Crippen LogP contribution in [0, 0.1) is 5.92 Å². The summed E-state index contributed by atoms with van der Waals surface area (Å²) in [5.41, 5.74) is 2.20. The highest BCUT2D eigenvalue weighted by Gasteiger charge is 2.15. The van der Waals surface area contributed by atoms with Crippen molar-refractivity contribution in [2.75, 3.05) is 32.0 Å². The van der Waals surface area contributed by atoms with Crippen molar-refractivity contribution in [1.82, 2.24) is 10.2 Å². The standard InChI is InChI=1S/C17H27N3O/c1-14-8-11-20(12-9-14)13-15-3-5-16(6-4-15)19-17(21)7-10-18-2/h3-6,14,18H,7-13H2,1-2H3,(H,19,21). The van der Waals surface area contributed by atoms with Crippen LogP contribution in [0.2, 0.25) is 0 Å². The lowest BCUT2D eigenvalue weighted by atomic mass is 9.99. The first-order valence-corrected chi connectivity index (χ1v) is 7.93. The van der Waals surface area contributed by atoms with E-state index in [1.165, 1.54) is 31.5 Å². The van der Waals surface area contributed by atoms with Gasteiger partial charge in [0.1, 0.15) is 0 Å². The van der Waals surface area contributed by atoms with Crippen LogP contribution in [0.3, 0.4) is 0 Å². The van der Waals surface area contributed by atoms with Gasteiger partial charge in [0.25, 0.3) is 0 Å². The highest BCUT2D eigenvalue weighted by molar-refractivity contribution is 5.90. The minimum absolute atomic E-state index is 0.0575. The number of rotatable bonds is 6. The van der Waals surface area contributed by atoms with Crippen molar-refractivity contribution in [3.05, 3.63) is 29.8 Å². The van der Waals surface area contributed by atoms with Gasteiger partial charge in [-0.1, -0.05) is 19.1 Å². The van der Waals surface area contributed by atoms with E-state index in [9.17, 15) is 4.79 Å². The van der Waals surface area contributed by atoms with E-state index in [1.807, 2.05) is 19.2 Å². The number of carbonyl (C=O) groups excluding carboxylic acids is 1. The Morgan fingerprint density at radius 2 is 1.90 bits per heavy atom. The van der Waals surface area contributed by atoms with Crippen LogP contribution >= 0.6 is 0 Å². The predicted molar refractivity (Wildman–Crippen MR) is 87.3 cm³/mol. The number of benzene rings is 1. The molecular formula is C17H27N3O. The molecule has 0 saturated carbocycles. The van der Waals surface area contributed by atoms with E-state index in [1.54, 1.807) is 0 Å². The highest BCUT2D eigenvalue weighted by atomic mass is 16.1. The van der Waals surface area contributed by atoms with E-state index in [-0.39, 0.29) is 5.91 Å². The van der Waals surface area contributed by atoms with Crippen LogP contribution in [0.1, 0.15) is 31.7 Å². The number of anilines is 1. The molecule has 1 amide bonds. The second-order valence-corrected chi connectivity index (χ2v) is 6.06. The van der Waals surface area contributed by atoms with E-state index in [0.29, 0.717) is 13.0 Å². The normalized spacial score (nSPS) is 16.9. The molecule has 1 aromatic carbocycles. The van der Waals surface area contributed by atoms with Gasteiger partial charge in [-0.2, -0.15) is 0 Å². The zero-order valence-corrected chi connectivity index (χ0v) is 13.2. The second-order valence-electron chi connectivity index (χ2n) is 6.06. The van der Waals surface area contributed by atoms with Crippen LogP contribution < -0.4 is 10.6 Å². The van der Waals surface area contributed by atoms with Crippen LogP contribution in [0.25, 0.3) is 0 Å². The molecule has 4 heteroatoms. The molecule has 1 fully saturated rings. The summed E-state index contributed by atoms with van der Waals surface area (Å²) in [5, 5.41) is 5.90. The summed E-state index contributed by atoms with van der Waals surface area (Å²) in [4.78, 5) is 14.2. The lowest BCUT2D eigenvalue weighted by Crippen LogP contribution is -2.32. The molecular weight excluding hydrogens is 262 g/mol. The fourth-order valence-corrected chi connectivity index (χ4v) is 2.63. The second kappa shape index (κ2) is 8.15. The Morgan fingerprint density at radius 1 is 1.24 bits per heavy atom. The van der Waals surface area contributed by atoms with Gasteiger partial charge in [0, 0.05) is 25.2 Å². The summed E-state index contributed by atoms with van der Waals surface area (Å²) in [5.74, 6) is 0.929. The molecule has 1 saturated heterocycles. The van der Waals surface area contributed by atoms with Gasteiger partial charge < -0.3 is 10.6 Å². The van der Waals surface area contributed by atoms with Gasteiger partial charge in [-0.05, 0) is 56.6 Å². The maximum absolute atomic E-state index is 11.6. The summed E-state index contributed by atoms with van der Waals surface area (Å²) in [7, 11) is 1.85. The minimum Gasteiger partial charge on any atom is -0.326 e. The maximum Gasteiger partial charge on any atom is 0.225 e. The Labute approximate surface area is 127 Å². The van der Waals surface area contributed by atoms with E-state index >= 15 is 0 Å². The molecule has 1 aliphatic heterocycles. The van der Waals surface area contributed by atoms with E-state index < -0.39 is 0 Å². The number of likely N-dealkylation sites (tertiary alicyclic amines) is 1. The fourth-order valence-electron chi connectivity index (χ4n) is 2.63. The number of nitrogens with zero attached hydrogens (tertiary/aromatic N) is 1. The molecule has 0 aliphatic carbocycles. The molecule has 0 bridgehead atoms. The summed E-state index contributed by atoms with van der Waals surface area (Å²) in [6.07, 6.45) is 3.11. The Morgan fingerprint density at radius 3 is 2.52 bits per heavy atom. The molecule has 1 aromatic rings. The Balaban J connectivity index is 1.80. The van der Waals surface area contributed by atoms with Crippen LogP contribution in [-0.4, -0.2) is 37.5 Å². The van der Waals surface area contributed by atoms with Crippen molar-refractivity contribution in [1.29, 1.82) is 0 Å². The molecule has 0 aromatic heterocycles. The molecule has 0 radical (unpaired) electrons. The average Bonchev–Trinajstić information content (AvgIpc) is 2.49. The highest BCUT2D eigenvalue weighted by Crippen LogP contribution is 2.19. The van der Waals surface area contributed by atoms with E-state index in [2.05, 4.69) is 34.6 Å². The summed E-state index contributed by atoms with van der Waals surface area (Å²) in [6.45, 7) is 6.45. The first kappa shape index (κ1) is 16.0. The Hall–Kier alpha value is -1.39. The van der Waals surface area contributed by atoms with Gasteiger partial charge in [-0.25, -0.2) is 0 Å². The largest absolute Gasteiger partial charge is 0.326 e. The number of carbonyl (C=O) groups is 1. The number of piperidine rings is 1. The fraction of sp³-hybridized carbons (Fsp3) is 0.588. The van der Waals surface area contributed by atoms with Gasteiger partial charge in [0.15, 0.2) is 0 Å². The third-order valence-corrected chi connectivity index (χ3v) is 4.12. The van der Waals surface area contributed by atoms with E-state index in [0.717, 1.165) is 18.2 Å². The van der Waals surface area contributed by atoms with Crippen LogP contribution in [0.15, 0.2) is 24.3 Å². The molecule has 2 rings (SSSR count). The third kappa shape index (κ3) is 5.48. The first-order chi connectivity index (χ1) is 10.2. The van der Waals surface area contributed by atoms with Crippen molar-refractivity contribution in [3.63, 3.8) is 0 Å². The molecule has 0 atom stereocenters. The lowest BCUT2D eigenvalue weighted by Gasteiger charge is -2.30. The monoisotopic (exact) mass is 289 g/mol. The lowest BCUT2D eigenvalue weighted by molar-refractivity contribution is -0.116. The van der Waals surface area contributed by atoms with Gasteiger partial charge in [0.2, 0.25) is 5.91 Å². The maximum atomic E-state index is 11.6. The summed E-state index contributed by atoms with van der Waals surface area (Å²) in [6, 6.07) is 8.23. The average molecular weight is 289 g/mol. The number of hydrogen-bond acceptors (Lipinski definition) is 3. The van der Waals surface area contributed by atoms with Gasteiger partial charge in [-0.3, -0.25) is 9.69 Å². The molecule has 4 nitrogen and oxygen atoms in total. The summed E-state index contributed by atoms with van der Waals surface area (Å²) < 4.78 is 0. The van der Waals surface area contributed by atoms with Crippen molar-refractivity contribution in [2.45, 2.75) is 32.7 Å². The van der Waals surface area contributed by atoms with Crippen molar-refractivity contribution < 1.29 is 4.79 Å². The quantitative estimate of drug-likeness (QED) is 0.845. The Bertz CT molecular complexity index is 436. The molecule has 2 N–H and O–H groups in total. The topological polar surface area (TPSA) is 44.4 Å². The summed E-state index contributed by atoms with van der Waals surface area (Å²) >= 11 is 0. The molecule has 1 aliphatic rings. The first-order valence-electron chi connectivity index (χ1n) is 7.93. The van der Waals surface area contributed by atoms with Crippen molar-refractivity contribution in [2.24, 2.45) is 5.92 Å². The van der Waals surface area contributed by atoms with Gasteiger partial charge in [0.05, 0.1) is 0 Å². The van der Waals surface area contributed by atoms with Gasteiger partial charge in [-0.15, -0.1) is 0 Å². The number of hydrogen-bond donors (Lipinski definition) is 2. The molecule has 21 heavy (non-hydrogen) atoms. The SMILES string of the molecule is CNCCC(=O)Nc1ccc(CN2CCC(C)CC2)cc1. The number of amides is 1.